The van der Waals surface area contributed by atoms with Crippen molar-refractivity contribution < 1.29 is 9.53 Å². The van der Waals surface area contributed by atoms with Crippen LogP contribution in [-0.4, -0.2) is 53.6 Å². The normalized spacial score (nSPS) is 13.8. The van der Waals surface area contributed by atoms with Crippen molar-refractivity contribution in [1.82, 2.24) is 14.9 Å². The van der Waals surface area contributed by atoms with E-state index in [0.29, 0.717) is 19.7 Å². The third kappa shape index (κ3) is 4.51. The largest absolute Gasteiger partial charge is 0.494 e. The lowest BCUT2D eigenvalue weighted by Gasteiger charge is -2.35. The van der Waals surface area contributed by atoms with Crippen LogP contribution in [0.2, 0.25) is 0 Å². The van der Waals surface area contributed by atoms with E-state index in [4.69, 9.17) is 4.74 Å². The second-order valence-corrected chi connectivity index (χ2v) is 8.06. The Morgan fingerprint density at radius 2 is 1.64 bits per heavy atom. The van der Waals surface area contributed by atoms with Crippen LogP contribution >= 0.6 is 0 Å². The van der Waals surface area contributed by atoms with Gasteiger partial charge in [-0.15, -0.1) is 0 Å². The zero-order valence-electron chi connectivity index (χ0n) is 18.6. The molecular formula is C27H26N4O2. The molecule has 6 nitrogen and oxygen atoms in total. The molecule has 33 heavy (non-hydrogen) atoms. The lowest BCUT2D eigenvalue weighted by atomic mass is 10.1. The van der Waals surface area contributed by atoms with Gasteiger partial charge in [-0.3, -0.25) is 4.79 Å². The van der Waals surface area contributed by atoms with Crippen molar-refractivity contribution in [3.63, 3.8) is 0 Å². The Bertz CT molecular complexity index is 1260. The van der Waals surface area contributed by atoms with Gasteiger partial charge in [-0.25, -0.2) is 9.97 Å². The van der Waals surface area contributed by atoms with Crippen LogP contribution in [-0.2, 0) is 0 Å². The summed E-state index contributed by atoms with van der Waals surface area (Å²) in [5.74, 6) is 1.81. The first-order chi connectivity index (χ1) is 16.2. The number of hydrogen-bond acceptors (Lipinski definition) is 5. The maximum Gasteiger partial charge on any atom is 0.253 e. The van der Waals surface area contributed by atoms with Gasteiger partial charge >= 0.3 is 0 Å². The number of piperazine rings is 1. The van der Waals surface area contributed by atoms with E-state index in [-0.39, 0.29) is 5.91 Å². The van der Waals surface area contributed by atoms with Gasteiger partial charge in [-0.1, -0.05) is 30.3 Å². The number of carbonyl (C=O) groups is 1. The van der Waals surface area contributed by atoms with E-state index in [9.17, 15) is 4.79 Å². The minimum Gasteiger partial charge on any atom is -0.494 e. The molecule has 1 aromatic heterocycles. The monoisotopic (exact) mass is 438 g/mol. The first kappa shape index (κ1) is 20.9. The molecule has 0 radical (unpaired) electrons. The Morgan fingerprint density at radius 3 is 2.39 bits per heavy atom. The molecule has 2 heterocycles. The number of aromatic nitrogens is 2. The molecule has 1 fully saturated rings. The third-order valence-corrected chi connectivity index (χ3v) is 6.00. The molecule has 0 aliphatic carbocycles. The van der Waals surface area contributed by atoms with E-state index in [2.05, 4.69) is 20.9 Å². The molecule has 0 N–H and O–H groups in total. The molecule has 0 saturated carbocycles. The van der Waals surface area contributed by atoms with Gasteiger partial charge < -0.3 is 14.5 Å². The molecule has 5 rings (SSSR count). The van der Waals surface area contributed by atoms with Crippen LogP contribution in [0.1, 0.15) is 17.3 Å². The van der Waals surface area contributed by atoms with E-state index < -0.39 is 0 Å². The number of hydrogen-bond donors (Lipinski definition) is 0. The first-order valence-corrected chi connectivity index (χ1v) is 11.3. The molecule has 1 saturated heterocycles. The fourth-order valence-corrected chi connectivity index (χ4v) is 4.21. The van der Waals surface area contributed by atoms with Gasteiger partial charge in [0.25, 0.3) is 5.91 Å². The molecule has 0 unspecified atom stereocenters. The summed E-state index contributed by atoms with van der Waals surface area (Å²) < 4.78 is 5.52. The lowest BCUT2D eigenvalue weighted by Crippen LogP contribution is -2.49. The quantitative estimate of drug-likeness (QED) is 0.454. The van der Waals surface area contributed by atoms with Crippen molar-refractivity contribution in [2.75, 3.05) is 37.7 Å². The standard InChI is InChI=1S/C27H26N4O2/c1-2-33-24-11-9-21(10-12-24)25-18-26(29-19-28-25)30-13-15-31(16-14-30)27(32)23-8-7-20-5-3-4-6-22(20)17-23/h3-12,17-19H,2,13-16H2,1H3. The van der Waals surface area contributed by atoms with Crippen molar-refractivity contribution in [2.24, 2.45) is 0 Å². The highest BCUT2D eigenvalue weighted by molar-refractivity contribution is 5.98. The van der Waals surface area contributed by atoms with Gasteiger partial charge in [-0.05, 0) is 54.1 Å². The summed E-state index contributed by atoms with van der Waals surface area (Å²) in [4.78, 5) is 26.1. The van der Waals surface area contributed by atoms with Crippen LogP contribution in [0.4, 0.5) is 5.82 Å². The van der Waals surface area contributed by atoms with Crippen LogP contribution < -0.4 is 9.64 Å². The molecule has 3 aromatic carbocycles. The summed E-state index contributed by atoms with van der Waals surface area (Å²) in [5, 5.41) is 2.23. The number of fused-ring (bicyclic) bond motifs is 1. The van der Waals surface area contributed by atoms with Crippen LogP contribution in [0.3, 0.4) is 0 Å². The van der Waals surface area contributed by atoms with Crippen LogP contribution in [0.15, 0.2) is 79.1 Å². The smallest absolute Gasteiger partial charge is 0.253 e. The van der Waals surface area contributed by atoms with E-state index in [1.807, 2.05) is 78.6 Å². The number of ether oxygens (including phenoxy) is 1. The van der Waals surface area contributed by atoms with Crippen molar-refractivity contribution in [2.45, 2.75) is 6.92 Å². The molecule has 4 aromatic rings. The summed E-state index contributed by atoms with van der Waals surface area (Å²) in [6.07, 6.45) is 1.60. The molecule has 6 heteroatoms. The summed E-state index contributed by atoms with van der Waals surface area (Å²) in [5.41, 5.74) is 2.63. The van der Waals surface area contributed by atoms with Gasteiger partial charge in [0.15, 0.2) is 0 Å². The zero-order valence-corrected chi connectivity index (χ0v) is 18.6. The van der Waals surface area contributed by atoms with E-state index >= 15 is 0 Å². The Balaban J connectivity index is 1.26. The SMILES string of the molecule is CCOc1ccc(-c2cc(N3CCN(C(=O)c4ccc5ccccc5c4)CC3)ncn2)cc1. The average molecular weight is 439 g/mol. The summed E-state index contributed by atoms with van der Waals surface area (Å²) in [6.45, 7) is 5.41. The van der Waals surface area contributed by atoms with Crippen LogP contribution in [0.25, 0.3) is 22.0 Å². The van der Waals surface area contributed by atoms with E-state index in [1.165, 1.54) is 0 Å². The van der Waals surface area contributed by atoms with E-state index in [1.54, 1.807) is 6.33 Å². The highest BCUT2D eigenvalue weighted by Gasteiger charge is 2.23. The maximum atomic E-state index is 13.1. The summed E-state index contributed by atoms with van der Waals surface area (Å²) in [6, 6.07) is 24.0. The highest BCUT2D eigenvalue weighted by atomic mass is 16.5. The first-order valence-electron chi connectivity index (χ1n) is 11.3. The van der Waals surface area contributed by atoms with Crippen molar-refractivity contribution >= 4 is 22.5 Å². The van der Waals surface area contributed by atoms with Crippen molar-refractivity contribution in [3.05, 3.63) is 84.7 Å². The Morgan fingerprint density at radius 1 is 0.879 bits per heavy atom. The van der Waals surface area contributed by atoms with Gasteiger partial charge in [-0.2, -0.15) is 0 Å². The van der Waals surface area contributed by atoms with E-state index in [0.717, 1.165) is 52.3 Å². The van der Waals surface area contributed by atoms with Crippen LogP contribution in [0, 0.1) is 0 Å². The lowest BCUT2D eigenvalue weighted by molar-refractivity contribution is 0.0746. The minimum absolute atomic E-state index is 0.0816. The fourth-order valence-electron chi connectivity index (χ4n) is 4.21. The molecule has 1 aliphatic rings. The second kappa shape index (κ2) is 9.28. The molecule has 0 spiro atoms. The predicted octanol–water partition coefficient (Wildman–Crippen LogP) is 4.66. The highest BCUT2D eigenvalue weighted by Crippen LogP contribution is 2.24. The van der Waals surface area contributed by atoms with Gasteiger partial charge in [0.05, 0.1) is 12.3 Å². The van der Waals surface area contributed by atoms with Gasteiger partial charge in [0.2, 0.25) is 0 Å². The molecule has 0 atom stereocenters. The molecular weight excluding hydrogens is 412 g/mol. The number of anilines is 1. The molecule has 1 amide bonds. The number of rotatable bonds is 5. The minimum atomic E-state index is 0.0816. The number of amides is 1. The Kier molecular flexibility index (Phi) is 5.89. The Hall–Kier alpha value is -3.93. The second-order valence-electron chi connectivity index (χ2n) is 8.06. The Labute approximate surface area is 193 Å². The summed E-state index contributed by atoms with van der Waals surface area (Å²) >= 11 is 0. The topological polar surface area (TPSA) is 58.6 Å². The third-order valence-electron chi connectivity index (χ3n) is 6.00. The molecule has 1 aliphatic heterocycles. The van der Waals surface area contributed by atoms with Crippen LogP contribution in [0.5, 0.6) is 5.75 Å². The average Bonchev–Trinajstić information content (AvgIpc) is 2.89. The van der Waals surface area contributed by atoms with Crippen molar-refractivity contribution in [3.8, 4) is 17.0 Å². The maximum absolute atomic E-state index is 13.1. The van der Waals surface area contributed by atoms with Gasteiger partial charge in [0.1, 0.15) is 17.9 Å². The molecule has 166 valence electrons. The summed E-state index contributed by atoms with van der Waals surface area (Å²) in [7, 11) is 0. The number of benzene rings is 3. The number of nitrogens with zero attached hydrogens (tertiary/aromatic N) is 4. The van der Waals surface area contributed by atoms with Crippen molar-refractivity contribution in [1.29, 1.82) is 0 Å². The molecule has 0 bridgehead atoms. The zero-order chi connectivity index (χ0) is 22.6. The predicted molar refractivity (Wildman–Crippen MR) is 131 cm³/mol. The fraction of sp³-hybridized carbons (Fsp3) is 0.222. The number of carbonyl (C=O) groups excluding carboxylic acids is 1. The van der Waals surface area contributed by atoms with Gasteiger partial charge in [0, 0.05) is 43.4 Å².